The average Bonchev–Trinajstić information content (AvgIpc) is 0.811. The van der Waals surface area contributed by atoms with Crippen molar-refractivity contribution in [3.63, 3.8) is 0 Å². The number of hydrogen-bond donors (Lipinski definition) is 0. The Morgan fingerprint density at radius 1 is 1.00 bits per heavy atom. The van der Waals surface area contributed by atoms with Crippen LogP contribution in [-0.4, -0.2) is 0 Å². The number of rotatable bonds is 0. The second kappa shape index (κ2) is 7.33. The van der Waals surface area contributed by atoms with Crippen molar-refractivity contribution in [2.75, 3.05) is 0 Å². The SMILES string of the molecule is [Cu].[I][Ru]([I])[I]. The van der Waals surface area contributed by atoms with E-state index in [0.29, 0.717) is 0 Å². The van der Waals surface area contributed by atoms with Gasteiger partial charge in [0.1, 0.15) is 0 Å². The minimum absolute atomic E-state index is 0. The van der Waals surface area contributed by atoms with E-state index < -0.39 is 0 Å². The van der Waals surface area contributed by atoms with E-state index in [9.17, 15) is 0 Å². The van der Waals surface area contributed by atoms with Crippen molar-refractivity contribution < 1.29 is 22.5 Å². The van der Waals surface area contributed by atoms with Crippen LogP contribution in [-0.2, 0) is 22.5 Å². The van der Waals surface area contributed by atoms with Crippen molar-refractivity contribution in [1.29, 1.82) is 0 Å². The Labute approximate surface area is 79.5 Å². The number of hydrogen-bond acceptors (Lipinski definition) is 0. The summed E-state index contributed by atoms with van der Waals surface area (Å²) in [4.78, 5) is 0. The summed E-state index contributed by atoms with van der Waals surface area (Å²) in [6, 6.07) is 0. The third-order valence-corrected chi connectivity index (χ3v) is 0. The quantitative estimate of drug-likeness (QED) is 0.325. The van der Waals surface area contributed by atoms with E-state index >= 15 is 0 Å². The summed E-state index contributed by atoms with van der Waals surface area (Å²) in [5.74, 6) is 0. The summed E-state index contributed by atoms with van der Waals surface area (Å²) in [6.45, 7) is 0. The molecular weight excluding hydrogens is 545 g/mol. The van der Waals surface area contributed by atoms with Gasteiger partial charge in [0.15, 0.2) is 0 Å². The molecule has 0 aliphatic rings. The van der Waals surface area contributed by atoms with Gasteiger partial charge in [-0.25, -0.2) is 0 Å². The van der Waals surface area contributed by atoms with Crippen LogP contribution in [0.3, 0.4) is 0 Å². The molecule has 0 bridgehead atoms. The molecule has 0 spiro atoms. The molecule has 0 aliphatic carbocycles. The molecular formula is CuI3Ru. The number of halogens is 3. The molecule has 0 nitrogen and oxygen atoms in total. The Kier molecular flexibility index (Phi) is 16.4. The van der Waals surface area contributed by atoms with Crippen molar-refractivity contribution in [3.8, 4) is 0 Å². The fraction of sp³-hybridized carbons (Fsp3) is 0. The summed E-state index contributed by atoms with van der Waals surface area (Å²) in [6.07, 6.45) is 0. The Morgan fingerprint density at radius 3 is 1.00 bits per heavy atom. The van der Waals surface area contributed by atoms with Gasteiger partial charge in [-0.05, 0) is 0 Å². The van der Waals surface area contributed by atoms with Crippen LogP contribution in [0.25, 0.3) is 0 Å². The van der Waals surface area contributed by atoms with E-state index in [1.807, 2.05) is 0 Å². The zero-order chi connectivity index (χ0) is 3.58. The molecule has 0 aromatic heterocycles. The normalized spacial score (nSPS) is 9.00. The molecule has 0 saturated heterocycles. The Hall–Kier alpha value is 3.33. The molecule has 5 heteroatoms. The van der Waals surface area contributed by atoms with E-state index in [-0.39, 0.29) is 22.5 Å². The van der Waals surface area contributed by atoms with Gasteiger partial charge in [0, 0.05) is 17.1 Å². The third-order valence-electron chi connectivity index (χ3n) is 0. The van der Waals surface area contributed by atoms with Crippen LogP contribution in [0.1, 0.15) is 0 Å². The second-order valence-electron chi connectivity index (χ2n) is 0.152. The summed E-state index contributed by atoms with van der Waals surface area (Å²) in [5, 5.41) is -0.260. The fourth-order valence-corrected chi connectivity index (χ4v) is 0. The van der Waals surface area contributed by atoms with Crippen LogP contribution in [0.4, 0.5) is 0 Å². The van der Waals surface area contributed by atoms with Gasteiger partial charge in [-0.2, -0.15) is 0 Å². The van der Waals surface area contributed by atoms with Crippen molar-refractivity contribution in [1.82, 2.24) is 0 Å². The summed E-state index contributed by atoms with van der Waals surface area (Å²) in [5.41, 5.74) is 0. The predicted octanol–water partition coefficient (Wildman–Crippen LogP) is 2.65. The molecule has 0 aromatic rings. The van der Waals surface area contributed by atoms with E-state index in [1.54, 1.807) is 0 Å². The van der Waals surface area contributed by atoms with Gasteiger partial charge in [0.25, 0.3) is 0 Å². The van der Waals surface area contributed by atoms with Crippen molar-refractivity contribution in [3.05, 3.63) is 0 Å². The van der Waals surface area contributed by atoms with Crippen molar-refractivity contribution in [2.24, 2.45) is 0 Å². The summed E-state index contributed by atoms with van der Waals surface area (Å²) < 4.78 is 0. The molecule has 1 radical (unpaired) electrons. The van der Waals surface area contributed by atoms with E-state index in [1.165, 1.54) is 0 Å². The fourth-order valence-electron chi connectivity index (χ4n) is 0. The van der Waals surface area contributed by atoms with E-state index in [0.717, 1.165) is 0 Å². The molecule has 0 N–H and O–H groups in total. The van der Waals surface area contributed by atoms with Gasteiger partial charge < -0.3 is 0 Å². The summed E-state index contributed by atoms with van der Waals surface area (Å²) in [7, 11) is 0. The molecule has 0 amide bonds. The molecule has 0 atom stereocenters. The van der Waals surface area contributed by atoms with E-state index in [4.69, 9.17) is 0 Å². The van der Waals surface area contributed by atoms with Crippen LogP contribution in [0.5, 0.6) is 0 Å². The second-order valence-corrected chi connectivity index (χ2v) is 40.3. The van der Waals surface area contributed by atoms with Crippen LogP contribution in [0.2, 0.25) is 0 Å². The molecule has 0 unspecified atom stereocenters. The maximum atomic E-state index is 2.46. The standard InChI is InChI=1S/Cu.3HI.Ru/h;3*1H;/q;;;;+3/p-3. The maximum absolute atomic E-state index is 2.46. The molecule has 40 valence electrons. The minimum atomic E-state index is -0.260. The van der Waals surface area contributed by atoms with E-state index in [2.05, 4.69) is 59.3 Å². The van der Waals surface area contributed by atoms with Crippen LogP contribution < -0.4 is 0 Å². The van der Waals surface area contributed by atoms with Gasteiger partial charge in [-0.1, -0.05) is 0 Å². The first-order valence-corrected chi connectivity index (χ1v) is 15.9. The van der Waals surface area contributed by atoms with Crippen molar-refractivity contribution in [2.45, 2.75) is 0 Å². The molecule has 5 heavy (non-hydrogen) atoms. The monoisotopic (exact) mass is 546 g/mol. The topological polar surface area (TPSA) is 0 Å². The molecule has 0 heterocycles. The Bertz CT molecular complexity index is 11.6. The first-order valence-electron chi connectivity index (χ1n) is 0.401. The molecule has 0 rings (SSSR count). The van der Waals surface area contributed by atoms with Crippen LogP contribution >= 0.6 is 59.3 Å². The summed E-state index contributed by atoms with van der Waals surface area (Å²) >= 11 is 7.38. The van der Waals surface area contributed by atoms with Crippen molar-refractivity contribution >= 4 is 59.3 Å². The van der Waals surface area contributed by atoms with Gasteiger partial charge in [0.2, 0.25) is 0 Å². The van der Waals surface area contributed by atoms with Crippen LogP contribution in [0.15, 0.2) is 0 Å². The van der Waals surface area contributed by atoms with Gasteiger partial charge in [0.05, 0.1) is 0 Å². The zero-order valence-electron chi connectivity index (χ0n) is 1.79. The molecule has 0 fully saturated rings. The predicted molar refractivity (Wildman–Crippen MR) is 42.1 cm³/mol. The first-order chi connectivity index (χ1) is 1.73. The van der Waals surface area contributed by atoms with Gasteiger partial charge >= 0.3 is 64.7 Å². The van der Waals surface area contributed by atoms with Gasteiger partial charge in [-0.15, -0.1) is 0 Å². The molecule has 0 saturated carbocycles. The third kappa shape index (κ3) is 18.8. The van der Waals surface area contributed by atoms with Crippen LogP contribution in [0, 0.1) is 0 Å². The molecule has 0 aromatic carbocycles. The Morgan fingerprint density at radius 2 is 1.00 bits per heavy atom. The van der Waals surface area contributed by atoms with Gasteiger partial charge in [-0.3, -0.25) is 0 Å². The average molecular weight is 545 g/mol. The first kappa shape index (κ1) is 11.2. The zero-order valence-corrected chi connectivity index (χ0v) is 10.9. The Balaban J connectivity index is 0. The molecule has 0 aliphatic heterocycles.